The van der Waals surface area contributed by atoms with Crippen molar-refractivity contribution in [3.8, 4) is 33.4 Å². The molecule has 0 aliphatic carbocycles. The first-order chi connectivity index (χ1) is 24.0. The molecular weight excluding hydrogens is 964 g/mol. The molecule has 0 aromatic heterocycles. The molecule has 15 heteroatoms. The molecule has 264 valence electrons. The van der Waals surface area contributed by atoms with Gasteiger partial charge < -0.3 is 0 Å². The second-order valence-corrected chi connectivity index (χ2v) is 16.2. The van der Waals surface area contributed by atoms with E-state index in [2.05, 4.69) is 0 Å². The van der Waals surface area contributed by atoms with Crippen LogP contribution in [0.3, 0.4) is 0 Å². The van der Waals surface area contributed by atoms with Crippen LogP contribution in [0, 0.1) is 0 Å². The molecule has 0 aliphatic heterocycles. The van der Waals surface area contributed by atoms with Gasteiger partial charge in [0.1, 0.15) is 0 Å². The fraction of sp³-hybridized carbons (Fsp3) is 0. The first-order valence-electron chi connectivity index (χ1n) is 13.8. The average molecular weight is 979 g/mol. The summed E-state index contributed by atoms with van der Waals surface area (Å²) in [5.74, 6) is 0. The molecule has 0 atom stereocenters. The van der Waals surface area contributed by atoms with Crippen molar-refractivity contribution in [1.29, 1.82) is 0 Å². The molecule has 6 aromatic carbocycles. The molecule has 0 bridgehead atoms. The molecule has 0 radical (unpaired) electrons. The van der Waals surface area contributed by atoms with Gasteiger partial charge in [0.2, 0.25) is 0 Å². The summed E-state index contributed by atoms with van der Waals surface area (Å²) in [4.78, 5) is 0. The molecule has 0 saturated carbocycles. The Hall–Kier alpha value is -0.330. The predicted molar refractivity (Wildman–Crippen MR) is 231 cm³/mol. The number of halogens is 15. The highest BCUT2D eigenvalue weighted by atomic mass is 35.5. The molecule has 0 aliphatic rings. The topological polar surface area (TPSA) is 0 Å². The largest absolute Gasteiger partial charge is 0.0827 e. The minimum Gasteiger partial charge on any atom is -0.0827 e. The van der Waals surface area contributed by atoms with Crippen molar-refractivity contribution in [2.24, 2.45) is 0 Å². The molecule has 6 aromatic rings. The van der Waals surface area contributed by atoms with E-state index in [-0.39, 0.29) is 0 Å². The van der Waals surface area contributed by atoms with E-state index in [4.69, 9.17) is 174 Å². The lowest BCUT2D eigenvalue weighted by Crippen LogP contribution is -1.82. The molecular formula is C36H15Cl15. The molecule has 0 heterocycles. The van der Waals surface area contributed by atoms with E-state index in [0.29, 0.717) is 75.3 Å². The molecule has 0 N–H and O–H groups in total. The van der Waals surface area contributed by atoms with Gasteiger partial charge in [-0.25, -0.2) is 0 Å². The zero-order valence-corrected chi connectivity index (χ0v) is 36.2. The molecule has 0 amide bonds. The van der Waals surface area contributed by atoms with Crippen LogP contribution in [0.1, 0.15) is 0 Å². The summed E-state index contributed by atoms with van der Waals surface area (Å²) in [5, 5.41) is 6.31. The summed E-state index contributed by atoms with van der Waals surface area (Å²) in [6.07, 6.45) is 0. The first kappa shape index (κ1) is 43.4. The van der Waals surface area contributed by atoms with Crippen LogP contribution in [0.5, 0.6) is 0 Å². The van der Waals surface area contributed by atoms with Gasteiger partial charge in [-0.05, 0) is 106 Å². The number of hydrogen-bond acceptors (Lipinski definition) is 0. The average Bonchev–Trinajstić information content (AvgIpc) is 3.08. The number of benzene rings is 6. The van der Waals surface area contributed by atoms with Crippen molar-refractivity contribution in [3.63, 3.8) is 0 Å². The first-order valence-corrected chi connectivity index (χ1v) is 19.4. The van der Waals surface area contributed by atoms with Crippen molar-refractivity contribution >= 4 is 174 Å². The Balaban J connectivity index is 0.000000172. The quantitative estimate of drug-likeness (QED) is 0.155. The Morgan fingerprint density at radius 3 is 0.569 bits per heavy atom. The second-order valence-electron chi connectivity index (χ2n) is 10.1. The molecule has 0 unspecified atom stereocenters. The van der Waals surface area contributed by atoms with Crippen molar-refractivity contribution < 1.29 is 0 Å². The standard InChI is InChI=1S/C12H4Cl6.C12H5Cl5.C12H6Cl4/c13-7-1-5(2-8(14)11(7)17)6-3-9(15)12(18)10(16)4-6;13-8-2-1-6(3-9(8)14)7-4-10(15)12(17)11(16)5-7;13-9-3-1-7(5-11(9)15)8-2-4-10(14)12(16)6-8/h1-4H;1-5H;1-6H. The zero-order valence-electron chi connectivity index (χ0n) is 24.8. The second kappa shape index (κ2) is 19.5. The van der Waals surface area contributed by atoms with Gasteiger partial charge >= 0.3 is 0 Å². The van der Waals surface area contributed by atoms with Gasteiger partial charge in [-0.3, -0.25) is 0 Å². The summed E-state index contributed by atoms with van der Waals surface area (Å²) in [6, 6.07) is 26.4. The molecule has 0 nitrogen and oxygen atoms in total. The van der Waals surface area contributed by atoms with Gasteiger partial charge in [0.15, 0.2) is 0 Å². The summed E-state index contributed by atoms with van der Waals surface area (Å²) < 4.78 is 0. The van der Waals surface area contributed by atoms with Crippen LogP contribution in [0.15, 0.2) is 91.0 Å². The summed E-state index contributed by atoms with van der Waals surface area (Å²) in [5.41, 5.74) is 5.13. The third-order valence-electron chi connectivity index (χ3n) is 6.71. The normalized spacial score (nSPS) is 10.6. The fourth-order valence-corrected chi connectivity index (χ4v) is 6.88. The van der Waals surface area contributed by atoms with E-state index in [0.717, 1.165) is 33.4 Å². The SMILES string of the molecule is Clc1cc(-c2cc(Cl)c(Cl)c(Cl)c2)cc(Cl)c1Cl.Clc1ccc(-c2cc(Cl)c(Cl)c(Cl)c2)cc1Cl.Clc1ccc(-c2ccc(Cl)c(Cl)c2)cc1Cl. The molecule has 51 heavy (non-hydrogen) atoms. The van der Waals surface area contributed by atoms with Crippen LogP contribution in [0.4, 0.5) is 0 Å². The smallest absolute Gasteiger partial charge is 0.0778 e. The van der Waals surface area contributed by atoms with Crippen LogP contribution in [-0.2, 0) is 0 Å². The number of rotatable bonds is 3. The Morgan fingerprint density at radius 1 is 0.176 bits per heavy atom. The Labute approximate surface area is 369 Å². The Bertz CT molecular complexity index is 2060. The van der Waals surface area contributed by atoms with Crippen LogP contribution in [0.2, 0.25) is 75.3 Å². The lowest BCUT2D eigenvalue weighted by molar-refractivity contribution is 1.61. The highest BCUT2D eigenvalue weighted by molar-refractivity contribution is 6.50. The van der Waals surface area contributed by atoms with Crippen molar-refractivity contribution in [3.05, 3.63) is 166 Å². The monoisotopic (exact) mass is 972 g/mol. The molecule has 0 saturated heterocycles. The van der Waals surface area contributed by atoms with E-state index in [9.17, 15) is 0 Å². The van der Waals surface area contributed by atoms with Gasteiger partial charge in [-0.2, -0.15) is 0 Å². The third kappa shape index (κ3) is 11.6. The minimum absolute atomic E-state index is 0.313. The van der Waals surface area contributed by atoms with Crippen LogP contribution in [0.25, 0.3) is 33.4 Å². The zero-order chi connectivity index (χ0) is 37.7. The van der Waals surface area contributed by atoms with Crippen molar-refractivity contribution in [1.82, 2.24) is 0 Å². The third-order valence-corrected chi connectivity index (χ3v) is 12.5. The highest BCUT2D eigenvalue weighted by Gasteiger charge is 2.12. The highest BCUT2D eigenvalue weighted by Crippen LogP contribution is 2.40. The van der Waals surface area contributed by atoms with Crippen molar-refractivity contribution in [2.75, 3.05) is 0 Å². The van der Waals surface area contributed by atoms with Crippen molar-refractivity contribution in [2.45, 2.75) is 0 Å². The van der Waals surface area contributed by atoms with E-state index < -0.39 is 0 Å². The van der Waals surface area contributed by atoms with Gasteiger partial charge in [-0.1, -0.05) is 192 Å². The molecule has 6 rings (SSSR count). The maximum Gasteiger partial charge on any atom is 0.0778 e. The number of hydrogen-bond donors (Lipinski definition) is 0. The fourth-order valence-electron chi connectivity index (χ4n) is 4.19. The van der Waals surface area contributed by atoms with Gasteiger partial charge in [0.25, 0.3) is 0 Å². The summed E-state index contributed by atoms with van der Waals surface area (Å²) in [7, 11) is 0. The van der Waals surface area contributed by atoms with Crippen LogP contribution in [-0.4, -0.2) is 0 Å². The molecule has 0 fully saturated rings. The van der Waals surface area contributed by atoms with E-state index in [1.54, 1.807) is 72.8 Å². The van der Waals surface area contributed by atoms with Gasteiger partial charge in [-0.15, -0.1) is 0 Å². The maximum atomic E-state index is 5.97. The molecule has 0 spiro atoms. The predicted octanol–water partition coefficient (Wildman–Crippen LogP) is 19.9. The van der Waals surface area contributed by atoms with E-state index >= 15 is 0 Å². The minimum atomic E-state index is 0.313. The summed E-state index contributed by atoms with van der Waals surface area (Å²) >= 11 is 88.9. The lowest BCUT2D eigenvalue weighted by atomic mass is 10.1. The van der Waals surface area contributed by atoms with E-state index in [1.165, 1.54) is 0 Å². The van der Waals surface area contributed by atoms with Gasteiger partial charge in [0.05, 0.1) is 75.3 Å². The summed E-state index contributed by atoms with van der Waals surface area (Å²) in [6.45, 7) is 0. The van der Waals surface area contributed by atoms with Crippen LogP contribution < -0.4 is 0 Å². The van der Waals surface area contributed by atoms with E-state index in [1.807, 2.05) is 18.2 Å². The van der Waals surface area contributed by atoms with Gasteiger partial charge in [0, 0.05) is 0 Å². The Morgan fingerprint density at radius 2 is 0.353 bits per heavy atom. The van der Waals surface area contributed by atoms with Crippen LogP contribution >= 0.6 is 174 Å². The Kier molecular flexibility index (Phi) is 16.6. The lowest BCUT2D eigenvalue weighted by Gasteiger charge is -2.08. The maximum absolute atomic E-state index is 5.97.